The molecule has 3 radical (unpaired) electrons. The number of nitrogens with zero attached hydrogens (tertiary/aromatic N) is 12. The number of rotatable bonds is 19. The van der Waals surface area contributed by atoms with Crippen LogP contribution in [0.5, 0.6) is 18.0 Å². The summed E-state index contributed by atoms with van der Waals surface area (Å²) in [6.07, 6.45) is 0. The van der Waals surface area contributed by atoms with Gasteiger partial charge in [0, 0.05) is 44.5 Å². The van der Waals surface area contributed by atoms with E-state index < -0.39 is 7.12 Å². The molecule has 17 rings (SSSR count). The van der Waals surface area contributed by atoms with E-state index in [0.717, 1.165) is 99.8 Å². The molecular weight excluding hydrogens is 1400 g/mol. The lowest BCUT2D eigenvalue weighted by Crippen LogP contribution is -2.36. The molecule has 0 aliphatic rings. The Morgan fingerprint density at radius 3 is 0.777 bits per heavy atom. The molecule has 20 nitrogen and oxygen atoms in total. The van der Waals surface area contributed by atoms with Crippen LogP contribution in [-0.4, -0.2) is 115 Å². The van der Waals surface area contributed by atoms with Gasteiger partial charge in [0.1, 0.15) is 0 Å². The normalized spacial score (nSPS) is 10.5. The van der Waals surface area contributed by atoms with Gasteiger partial charge in [-0.15, -0.1) is 0 Å². The molecule has 0 fully saturated rings. The van der Waals surface area contributed by atoms with E-state index in [4.69, 9.17) is 34.0 Å². The molecule has 5 N–H and O–H groups in total. The molecule has 0 atom stereocenters. The maximum atomic E-state index is 9.56. The highest BCUT2D eigenvalue weighted by Crippen LogP contribution is 2.35. The van der Waals surface area contributed by atoms with E-state index in [9.17, 15) is 15.1 Å². The Kier molecular flexibility index (Phi) is 24.6. The van der Waals surface area contributed by atoms with E-state index in [1.165, 1.54) is 0 Å². The fraction of sp³-hybridized carbons (Fsp3) is 0. The lowest BCUT2D eigenvalue weighted by Gasteiger charge is -2.11. The Morgan fingerprint density at radius 2 is 0.429 bits per heavy atom. The minimum Gasteiger partial charge on any atom is -0.508 e. The van der Waals surface area contributed by atoms with E-state index in [-0.39, 0.29) is 23.8 Å². The van der Waals surface area contributed by atoms with Gasteiger partial charge >= 0.3 is 48.2 Å². The summed E-state index contributed by atoms with van der Waals surface area (Å²) in [5, 5.41) is 48.4. The number of benzene rings is 13. The molecule has 0 saturated heterocycles. The quantitative estimate of drug-likeness (QED) is 0.0470. The Bertz CT molecular complexity index is 5840. The van der Waals surface area contributed by atoms with E-state index in [1.54, 1.807) is 0 Å². The second-order valence-corrected chi connectivity index (χ2v) is 24.5. The maximum absolute atomic E-state index is 9.56. The van der Waals surface area contributed by atoms with Gasteiger partial charge in [0.2, 0.25) is 0 Å². The van der Waals surface area contributed by atoms with Crippen LogP contribution in [0, 0.1) is 0 Å². The third kappa shape index (κ3) is 18.9. The van der Waals surface area contributed by atoms with Gasteiger partial charge in [-0.2, -0.15) is 29.9 Å². The monoisotopic (exact) mass is 1460 g/mol. The predicted molar refractivity (Wildman–Crippen MR) is 438 cm³/mol. The van der Waals surface area contributed by atoms with Crippen molar-refractivity contribution in [2.45, 2.75) is 0 Å². The molecule has 13 aromatic carbocycles. The highest BCUT2D eigenvalue weighted by Gasteiger charge is 2.22. The first-order chi connectivity index (χ1) is 55.2. The van der Waals surface area contributed by atoms with Crippen LogP contribution in [0.4, 0.5) is 0 Å². The van der Waals surface area contributed by atoms with Gasteiger partial charge in [-0.05, 0) is 55.3 Å². The van der Waals surface area contributed by atoms with E-state index in [2.05, 4.69) is 74.1 Å². The van der Waals surface area contributed by atoms with Gasteiger partial charge < -0.3 is 39.1 Å². The molecule has 17 aromatic rings. The number of hydrogen-bond donors (Lipinski definition) is 5. The summed E-state index contributed by atoms with van der Waals surface area (Å²) in [4.78, 5) is 52.8. The Hall–Kier alpha value is -14.4. The largest absolute Gasteiger partial charge is 0.571 e. The standard InChI is InChI=1S/C27H19BN3O2.C25H17BN3O2.C21H16BN3O2.C15H11BN3O2/c32-28-33-27-30-25(22-17-15-20(16-18-22)19-9-3-1-4-10-19)29-26(31-27)24-14-8-7-13-23(24)21-11-5-2-6-12-21;30-26-31-25-28-23(20-15-13-18(14-16-20)17-7-2-1-3-8-17)27-24(29-25)22-12-6-10-19-9-4-5-11-21(19)22;26-22(27)21-24-19(17-9-5-2-6-10-17)23-20(25-21)18-13-11-16(12-14-18)15-7-3-1-4-8-15;20-16-21-15-18-13(11-7-3-1-4-8-11)17-14(19-15)12-9-5-2-6-10-12/h1-18,32H;1-16,30H;1-14,26-27H;1-10,20H. The molecule has 0 aliphatic carbocycles. The molecule has 4 aromatic heterocycles. The van der Waals surface area contributed by atoms with Crippen LogP contribution in [0.3, 0.4) is 0 Å². The van der Waals surface area contributed by atoms with Gasteiger partial charge in [-0.25, -0.2) is 29.9 Å². The lowest BCUT2D eigenvalue weighted by atomic mass is 9.90. The van der Waals surface area contributed by atoms with Crippen LogP contribution in [0.2, 0.25) is 0 Å². The SMILES string of the molecule is OB(O)c1nc(-c2ccccc2)nc(-c2ccc(-c3ccccc3)cc2)n1.O[B]Oc1nc(-c2ccc(-c3ccccc3)cc2)nc(-c2cccc3ccccc23)n1.O[B]Oc1nc(-c2ccc(-c3ccccc3)cc2)nc(-c2ccccc2-c2ccccc2)n1.O[B]Oc1nc(-c2ccccc2)nc(-c2ccccc2)n1. The van der Waals surface area contributed by atoms with Crippen molar-refractivity contribution in [1.82, 2.24) is 59.8 Å². The average molecular weight is 1460 g/mol. The van der Waals surface area contributed by atoms with Gasteiger partial charge in [0.05, 0.1) is 0 Å². The summed E-state index contributed by atoms with van der Waals surface area (Å²) in [5.74, 6) is 3.63. The maximum Gasteiger partial charge on any atom is 0.571 e. The third-order valence-electron chi connectivity index (χ3n) is 17.3. The van der Waals surface area contributed by atoms with Crippen molar-refractivity contribution in [3.63, 3.8) is 0 Å². The zero-order chi connectivity index (χ0) is 76.6. The van der Waals surface area contributed by atoms with Gasteiger partial charge in [0.15, 0.2) is 52.3 Å². The highest BCUT2D eigenvalue weighted by atomic mass is 16.5. The Morgan fingerprint density at radius 1 is 0.196 bits per heavy atom. The summed E-state index contributed by atoms with van der Waals surface area (Å²) in [7, 11) is -0.0637. The zero-order valence-corrected chi connectivity index (χ0v) is 59.6. The summed E-state index contributed by atoms with van der Waals surface area (Å²) in [6.45, 7) is 0. The van der Waals surface area contributed by atoms with Crippen molar-refractivity contribution in [3.05, 3.63) is 352 Å². The fourth-order valence-corrected chi connectivity index (χ4v) is 11.9. The second kappa shape index (κ2) is 37.0. The highest BCUT2D eigenvalue weighted by molar-refractivity contribution is 6.56. The smallest absolute Gasteiger partial charge is 0.508 e. The van der Waals surface area contributed by atoms with Crippen molar-refractivity contribution in [3.8, 4) is 154 Å². The topological polar surface area (TPSA) is 284 Å². The molecule has 0 unspecified atom stereocenters. The molecule has 535 valence electrons. The molecule has 0 spiro atoms. The second-order valence-electron chi connectivity index (χ2n) is 24.5. The first-order valence-corrected chi connectivity index (χ1v) is 35.3. The average Bonchev–Trinajstić information content (AvgIpc) is 0.679. The van der Waals surface area contributed by atoms with E-state index in [1.807, 2.05) is 328 Å². The van der Waals surface area contributed by atoms with Crippen molar-refractivity contribution < 1.29 is 39.1 Å². The van der Waals surface area contributed by atoms with Crippen molar-refractivity contribution in [2.24, 2.45) is 0 Å². The molecule has 112 heavy (non-hydrogen) atoms. The molecule has 0 aliphatic heterocycles. The molecular formula is C88H63B4N12O8. The van der Waals surface area contributed by atoms with Crippen molar-refractivity contribution >= 4 is 46.7 Å². The minimum absolute atomic E-state index is 0.0208. The fourth-order valence-electron chi connectivity index (χ4n) is 11.9. The summed E-state index contributed by atoms with van der Waals surface area (Å²) < 4.78 is 15.1. The molecule has 0 saturated carbocycles. The minimum atomic E-state index is -1.77. The van der Waals surface area contributed by atoms with Crippen LogP contribution in [0.25, 0.3) is 146 Å². The molecule has 0 amide bonds. The summed E-state index contributed by atoms with van der Waals surface area (Å²) in [5.41, 5.74) is 15.3. The number of aromatic nitrogens is 12. The molecule has 24 heteroatoms. The number of fused-ring (bicyclic) bond motifs is 1. The van der Waals surface area contributed by atoms with Crippen LogP contribution in [0.1, 0.15) is 0 Å². The zero-order valence-electron chi connectivity index (χ0n) is 59.6. The predicted octanol–water partition coefficient (Wildman–Crippen LogP) is 15.0. The first-order valence-electron chi connectivity index (χ1n) is 35.3. The van der Waals surface area contributed by atoms with Crippen molar-refractivity contribution in [1.29, 1.82) is 0 Å². The van der Waals surface area contributed by atoms with Crippen LogP contribution >= 0.6 is 0 Å². The van der Waals surface area contributed by atoms with E-state index >= 15 is 0 Å². The van der Waals surface area contributed by atoms with Crippen LogP contribution < -0.4 is 19.7 Å². The number of hydrogen-bond acceptors (Lipinski definition) is 20. The Balaban J connectivity index is 0.000000126. The van der Waals surface area contributed by atoms with Gasteiger partial charge in [-0.3, -0.25) is 0 Å². The van der Waals surface area contributed by atoms with Gasteiger partial charge in [-0.1, -0.05) is 352 Å². The molecule has 4 heterocycles. The van der Waals surface area contributed by atoms with Crippen LogP contribution in [-0.2, 0) is 0 Å². The first kappa shape index (κ1) is 74.5. The Labute approximate surface area is 647 Å². The summed E-state index contributed by atoms with van der Waals surface area (Å²) >= 11 is 0. The van der Waals surface area contributed by atoms with Crippen molar-refractivity contribution in [2.75, 3.05) is 0 Å². The third-order valence-corrected chi connectivity index (χ3v) is 17.3. The lowest BCUT2D eigenvalue weighted by molar-refractivity contribution is 0.422. The molecule has 0 bridgehead atoms. The summed E-state index contributed by atoms with van der Waals surface area (Å²) in [6, 6.07) is 115. The van der Waals surface area contributed by atoms with E-state index in [0.29, 0.717) is 69.7 Å². The van der Waals surface area contributed by atoms with Gasteiger partial charge in [0.25, 0.3) is 0 Å². The van der Waals surface area contributed by atoms with Crippen LogP contribution in [0.15, 0.2) is 352 Å².